The van der Waals surface area contributed by atoms with E-state index in [-0.39, 0.29) is 17.2 Å². The highest BCUT2D eigenvalue weighted by molar-refractivity contribution is 7.99. The number of aryl methyl sites for hydroxylation is 2. The first-order valence-corrected chi connectivity index (χ1v) is 12.1. The maximum atomic E-state index is 13.3. The van der Waals surface area contributed by atoms with Gasteiger partial charge in [-0.05, 0) is 67.6 Å². The molecular formula is C24H23N3O3S2. The minimum Gasteiger partial charge on any atom is -0.492 e. The van der Waals surface area contributed by atoms with E-state index in [0.29, 0.717) is 33.4 Å². The van der Waals surface area contributed by atoms with E-state index in [2.05, 4.69) is 10.3 Å². The Balaban J connectivity index is 1.63. The lowest BCUT2D eigenvalue weighted by atomic mass is 10.1. The minimum atomic E-state index is -0.201. The molecule has 4 aromatic rings. The van der Waals surface area contributed by atoms with Crippen molar-refractivity contribution in [2.24, 2.45) is 0 Å². The van der Waals surface area contributed by atoms with Crippen molar-refractivity contribution in [1.29, 1.82) is 0 Å². The van der Waals surface area contributed by atoms with Gasteiger partial charge in [0.1, 0.15) is 10.4 Å². The van der Waals surface area contributed by atoms with Crippen molar-refractivity contribution in [3.05, 3.63) is 75.4 Å². The zero-order valence-electron chi connectivity index (χ0n) is 18.0. The van der Waals surface area contributed by atoms with Crippen LogP contribution >= 0.6 is 23.1 Å². The summed E-state index contributed by atoms with van der Waals surface area (Å²) in [6.07, 6.45) is 0. The maximum Gasteiger partial charge on any atom is 0.276 e. The molecule has 6 nitrogen and oxygen atoms in total. The number of rotatable bonds is 7. The molecule has 4 rings (SSSR count). The Morgan fingerprint density at radius 2 is 1.97 bits per heavy atom. The molecule has 2 aromatic carbocycles. The van der Waals surface area contributed by atoms with Crippen LogP contribution in [0.1, 0.15) is 18.1 Å². The first-order chi connectivity index (χ1) is 15.5. The highest BCUT2D eigenvalue weighted by Gasteiger charge is 2.17. The molecular weight excluding hydrogens is 442 g/mol. The van der Waals surface area contributed by atoms with Crippen LogP contribution in [0.4, 0.5) is 5.69 Å². The molecule has 0 unspecified atom stereocenters. The van der Waals surface area contributed by atoms with Crippen molar-refractivity contribution in [2.45, 2.75) is 25.9 Å². The van der Waals surface area contributed by atoms with Gasteiger partial charge in [-0.15, -0.1) is 11.3 Å². The Morgan fingerprint density at radius 1 is 1.16 bits per heavy atom. The monoisotopic (exact) mass is 465 g/mol. The number of carbonyl (C=O) groups excluding carboxylic acids is 1. The number of aromatic nitrogens is 2. The number of hydrogen-bond acceptors (Lipinski definition) is 6. The fourth-order valence-corrected chi connectivity index (χ4v) is 4.82. The van der Waals surface area contributed by atoms with Gasteiger partial charge in [0.2, 0.25) is 5.91 Å². The summed E-state index contributed by atoms with van der Waals surface area (Å²) in [5.74, 6) is 0.527. The highest BCUT2D eigenvalue weighted by Crippen LogP contribution is 2.26. The third-order valence-electron chi connectivity index (χ3n) is 4.99. The van der Waals surface area contributed by atoms with Crippen LogP contribution in [0.15, 0.2) is 63.9 Å². The van der Waals surface area contributed by atoms with Crippen molar-refractivity contribution in [2.75, 3.05) is 17.7 Å². The number of hydrogen-bond donors (Lipinski definition) is 1. The van der Waals surface area contributed by atoms with Gasteiger partial charge in [-0.2, -0.15) is 0 Å². The lowest BCUT2D eigenvalue weighted by Crippen LogP contribution is -2.22. The molecule has 0 saturated heterocycles. The second-order valence-electron chi connectivity index (χ2n) is 7.20. The lowest BCUT2D eigenvalue weighted by molar-refractivity contribution is -0.113. The molecule has 8 heteroatoms. The van der Waals surface area contributed by atoms with E-state index in [1.165, 1.54) is 23.1 Å². The zero-order chi connectivity index (χ0) is 22.7. The van der Waals surface area contributed by atoms with Crippen molar-refractivity contribution in [3.63, 3.8) is 0 Å². The van der Waals surface area contributed by atoms with E-state index in [9.17, 15) is 9.59 Å². The van der Waals surface area contributed by atoms with Crippen LogP contribution in [0.2, 0.25) is 0 Å². The molecule has 164 valence electrons. The number of carbonyl (C=O) groups is 1. The van der Waals surface area contributed by atoms with Crippen LogP contribution in [0.3, 0.4) is 0 Å². The molecule has 0 aliphatic rings. The van der Waals surface area contributed by atoms with E-state index in [4.69, 9.17) is 4.74 Å². The van der Waals surface area contributed by atoms with E-state index >= 15 is 0 Å². The molecule has 0 bridgehead atoms. The summed E-state index contributed by atoms with van der Waals surface area (Å²) in [7, 11) is 0. The average Bonchev–Trinajstić information content (AvgIpc) is 3.25. The van der Waals surface area contributed by atoms with Gasteiger partial charge in [0.15, 0.2) is 5.16 Å². The van der Waals surface area contributed by atoms with Crippen LogP contribution in [0.5, 0.6) is 5.75 Å². The Labute approximate surface area is 194 Å². The molecule has 0 spiro atoms. The Bertz CT molecular complexity index is 1340. The average molecular weight is 466 g/mol. The number of nitrogens with one attached hydrogen (secondary N) is 1. The van der Waals surface area contributed by atoms with E-state index in [1.54, 1.807) is 10.6 Å². The van der Waals surface area contributed by atoms with Crippen LogP contribution in [-0.4, -0.2) is 27.8 Å². The number of benzene rings is 2. The summed E-state index contributed by atoms with van der Waals surface area (Å²) >= 11 is 2.61. The Hall–Kier alpha value is -3.10. The lowest BCUT2D eigenvalue weighted by Gasteiger charge is -2.14. The van der Waals surface area contributed by atoms with Crippen LogP contribution < -0.4 is 15.6 Å². The normalized spacial score (nSPS) is 11.0. The fourth-order valence-electron chi connectivity index (χ4n) is 3.25. The standard InChI is InChI=1S/C24H23N3O3S2/c1-4-30-20-8-6-5-7-18(20)25-21(28)14-32-24-26-19-11-12-31-22(19)23(29)27(24)17-10-9-15(2)16(3)13-17/h5-13H,4,14H2,1-3H3,(H,25,28). The summed E-state index contributed by atoms with van der Waals surface area (Å²) in [5, 5.41) is 5.23. The molecule has 1 N–H and O–H groups in total. The topological polar surface area (TPSA) is 73.2 Å². The van der Waals surface area contributed by atoms with Crippen molar-refractivity contribution >= 4 is 44.9 Å². The second kappa shape index (κ2) is 9.58. The van der Waals surface area contributed by atoms with Gasteiger partial charge in [-0.3, -0.25) is 14.2 Å². The van der Waals surface area contributed by atoms with Gasteiger partial charge >= 0.3 is 0 Å². The number of fused-ring (bicyclic) bond motifs is 1. The fraction of sp³-hybridized carbons (Fsp3) is 0.208. The van der Waals surface area contributed by atoms with E-state index in [0.717, 1.165) is 16.8 Å². The number of amides is 1. The molecule has 1 amide bonds. The largest absolute Gasteiger partial charge is 0.492 e. The quantitative estimate of drug-likeness (QED) is 0.300. The third-order valence-corrected chi connectivity index (χ3v) is 6.82. The first kappa shape index (κ1) is 22.1. The number of thioether (sulfide) groups is 1. The summed E-state index contributed by atoms with van der Waals surface area (Å²) in [6.45, 7) is 6.45. The number of para-hydroxylation sites is 2. The molecule has 0 atom stereocenters. The predicted molar refractivity (Wildman–Crippen MR) is 132 cm³/mol. The van der Waals surface area contributed by atoms with Gasteiger partial charge in [-0.25, -0.2) is 4.98 Å². The molecule has 2 heterocycles. The van der Waals surface area contributed by atoms with Crippen LogP contribution in [0.25, 0.3) is 15.9 Å². The molecule has 0 saturated carbocycles. The third kappa shape index (κ3) is 4.56. The maximum absolute atomic E-state index is 13.3. The predicted octanol–water partition coefficient (Wildman–Crippen LogP) is 5.19. The molecule has 32 heavy (non-hydrogen) atoms. The van der Waals surface area contributed by atoms with Gasteiger partial charge in [-0.1, -0.05) is 30.0 Å². The molecule has 0 radical (unpaired) electrons. The van der Waals surface area contributed by atoms with Gasteiger partial charge < -0.3 is 10.1 Å². The molecule has 0 aliphatic carbocycles. The van der Waals surface area contributed by atoms with Gasteiger partial charge in [0.05, 0.1) is 29.3 Å². The van der Waals surface area contributed by atoms with Crippen LogP contribution in [0, 0.1) is 13.8 Å². The van der Waals surface area contributed by atoms with Gasteiger partial charge in [0.25, 0.3) is 5.56 Å². The van der Waals surface area contributed by atoms with E-state index in [1.807, 2.05) is 68.6 Å². The first-order valence-electron chi connectivity index (χ1n) is 10.2. The summed E-state index contributed by atoms with van der Waals surface area (Å²) in [6, 6.07) is 15.0. The second-order valence-corrected chi connectivity index (χ2v) is 9.06. The smallest absolute Gasteiger partial charge is 0.276 e. The minimum absolute atomic E-state index is 0.105. The zero-order valence-corrected chi connectivity index (χ0v) is 19.7. The Kier molecular flexibility index (Phi) is 6.62. The SMILES string of the molecule is CCOc1ccccc1NC(=O)CSc1nc2ccsc2c(=O)n1-c1ccc(C)c(C)c1. The molecule has 2 aromatic heterocycles. The van der Waals surface area contributed by atoms with Crippen molar-refractivity contribution in [1.82, 2.24) is 9.55 Å². The summed E-state index contributed by atoms with van der Waals surface area (Å²) in [5.41, 5.74) is 4.11. The number of thiophene rings is 1. The van der Waals surface area contributed by atoms with Crippen molar-refractivity contribution < 1.29 is 9.53 Å². The summed E-state index contributed by atoms with van der Waals surface area (Å²) < 4.78 is 7.77. The number of ether oxygens (including phenoxy) is 1. The van der Waals surface area contributed by atoms with Gasteiger partial charge in [0, 0.05) is 0 Å². The van der Waals surface area contributed by atoms with Crippen molar-refractivity contribution in [3.8, 4) is 11.4 Å². The van der Waals surface area contributed by atoms with E-state index < -0.39 is 0 Å². The molecule has 0 aliphatic heterocycles. The number of anilines is 1. The Morgan fingerprint density at radius 3 is 2.75 bits per heavy atom. The number of nitrogens with zero attached hydrogens (tertiary/aromatic N) is 2. The molecule has 0 fully saturated rings. The van der Waals surface area contributed by atoms with Crippen LogP contribution in [-0.2, 0) is 4.79 Å². The highest BCUT2D eigenvalue weighted by atomic mass is 32.2. The summed E-state index contributed by atoms with van der Waals surface area (Å²) in [4.78, 5) is 30.6.